The highest BCUT2D eigenvalue weighted by Gasteiger charge is 2.20. The van der Waals surface area contributed by atoms with Crippen LogP contribution in [-0.2, 0) is 4.79 Å². The third kappa shape index (κ3) is 5.45. The summed E-state index contributed by atoms with van der Waals surface area (Å²) < 4.78 is 1.00. The van der Waals surface area contributed by atoms with Crippen LogP contribution in [0.2, 0.25) is 5.02 Å². The van der Waals surface area contributed by atoms with Gasteiger partial charge in [0.15, 0.2) is 5.13 Å². The number of fused-ring (bicyclic) bond motifs is 1. The number of rotatable bonds is 8. The van der Waals surface area contributed by atoms with E-state index in [1.54, 1.807) is 11.8 Å². The molecule has 0 bridgehead atoms. The van der Waals surface area contributed by atoms with E-state index in [9.17, 15) is 4.79 Å². The molecular formula is C20H23ClN3OS2+. The first-order valence-electron chi connectivity index (χ1n) is 8.87. The van der Waals surface area contributed by atoms with Crippen LogP contribution < -0.4 is 9.80 Å². The lowest BCUT2D eigenvalue weighted by atomic mass is 10.3. The molecule has 0 aliphatic carbocycles. The summed E-state index contributed by atoms with van der Waals surface area (Å²) in [5.41, 5.74) is 0.769. The normalized spacial score (nSPS) is 11.3. The van der Waals surface area contributed by atoms with Gasteiger partial charge in [-0.3, -0.25) is 9.69 Å². The average molecular weight is 421 g/mol. The van der Waals surface area contributed by atoms with Gasteiger partial charge in [0, 0.05) is 17.9 Å². The van der Waals surface area contributed by atoms with E-state index in [4.69, 9.17) is 11.6 Å². The molecule has 2 aromatic carbocycles. The monoisotopic (exact) mass is 420 g/mol. The van der Waals surface area contributed by atoms with Crippen LogP contribution in [0.15, 0.2) is 53.4 Å². The highest BCUT2D eigenvalue weighted by Crippen LogP contribution is 2.33. The Kier molecular flexibility index (Phi) is 7.13. The number of aromatic nitrogens is 1. The Bertz CT molecular complexity index is 899. The van der Waals surface area contributed by atoms with E-state index in [0.717, 1.165) is 33.2 Å². The maximum absolute atomic E-state index is 13.0. The number of thiazole rings is 1. The molecule has 1 N–H and O–H groups in total. The van der Waals surface area contributed by atoms with Gasteiger partial charge in [-0.1, -0.05) is 47.2 Å². The van der Waals surface area contributed by atoms with Gasteiger partial charge in [0.25, 0.3) is 0 Å². The number of nitrogens with one attached hydrogen (secondary N) is 1. The zero-order valence-electron chi connectivity index (χ0n) is 15.4. The van der Waals surface area contributed by atoms with Crippen molar-refractivity contribution < 1.29 is 9.69 Å². The number of hydrogen-bond acceptors (Lipinski definition) is 4. The summed E-state index contributed by atoms with van der Waals surface area (Å²) in [5.74, 6) is 0.468. The first-order valence-corrected chi connectivity index (χ1v) is 11.0. The molecule has 7 heteroatoms. The van der Waals surface area contributed by atoms with E-state index in [2.05, 4.69) is 19.1 Å². The SMILES string of the molecule is C[NH+](C)CCCN(C(=O)CSc1ccccc1)c1nc2c(Cl)cccc2s1. The summed E-state index contributed by atoms with van der Waals surface area (Å²) in [6, 6.07) is 15.7. The molecule has 0 spiro atoms. The van der Waals surface area contributed by atoms with Crippen molar-refractivity contribution in [3.05, 3.63) is 53.6 Å². The van der Waals surface area contributed by atoms with Gasteiger partial charge in [0.05, 0.1) is 36.1 Å². The van der Waals surface area contributed by atoms with Gasteiger partial charge >= 0.3 is 0 Å². The largest absolute Gasteiger partial charge is 0.340 e. The lowest BCUT2D eigenvalue weighted by molar-refractivity contribution is -0.858. The smallest absolute Gasteiger partial charge is 0.239 e. The second-order valence-corrected chi connectivity index (χ2v) is 9.01. The second-order valence-electron chi connectivity index (χ2n) is 6.54. The van der Waals surface area contributed by atoms with Crippen LogP contribution in [-0.4, -0.2) is 43.8 Å². The summed E-state index contributed by atoms with van der Waals surface area (Å²) in [5, 5.41) is 1.35. The number of benzene rings is 2. The molecule has 1 aromatic heterocycles. The van der Waals surface area contributed by atoms with Crippen molar-refractivity contribution >= 4 is 56.0 Å². The maximum atomic E-state index is 13.0. The minimum atomic E-state index is 0.0767. The fraction of sp³-hybridized carbons (Fsp3) is 0.300. The fourth-order valence-electron chi connectivity index (χ4n) is 2.68. The summed E-state index contributed by atoms with van der Waals surface area (Å²) >= 11 is 9.35. The van der Waals surface area contributed by atoms with E-state index in [0.29, 0.717) is 17.3 Å². The number of para-hydroxylation sites is 1. The number of carbonyl (C=O) groups is 1. The van der Waals surface area contributed by atoms with Crippen molar-refractivity contribution in [1.29, 1.82) is 0 Å². The highest BCUT2D eigenvalue weighted by atomic mass is 35.5. The zero-order valence-corrected chi connectivity index (χ0v) is 17.8. The Labute approximate surface area is 173 Å². The Hall–Kier alpha value is -1.60. The Morgan fingerprint density at radius 3 is 2.67 bits per heavy atom. The molecule has 0 atom stereocenters. The van der Waals surface area contributed by atoms with Crippen LogP contribution in [0.1, 0.15) is 6.42 Å². The van der Waals surface area contributed by atoms with E-state index in [1.807, 2.05) is 53.4 Å². The summed E-state index contributed by atoms with van der Waals surface area (Å²) in [6.07, 6.45) is 0.924. The topological polar surface area (TPSA) is 37.6 Å². The quantitative estimate of drug-likeness (QED) is 0.565. The minimum absolute atomic E-state index is 0.0767. The molecule has 3 rings (SSSR count). The van der Waals surface area contributed by atoms with Crippen LogP contribution in [0, 0.1) is 0 Å². The first kappa shape index (κ1) is 20.1. The third-order valence-corrected chi connectivity index (χ3v) is 6.40. The van der Waals surface area contributed by atoms with E-state index in [1.165, 1.54) is 16.2 Å². The molecule has 0 saturated carbocycles. The average Bonchev–Trinajstić information content (AvgIpc) is 3.09. The highest BCUT2D eigenvalue weighted by molar-refractivity contribution is 8.00. The molecule has 0 radical (unpaired) electrons. The van der Waals surface area contributed by atoms with Gasteiger partial charge in [-0.25, -0.2) is 4.98 Å². The lowest BCUT2D eigenvalue weighted by Crippen LogP contribution is -3.05. The van der Waals surface area contributed by atoms with Gasteiger partial charge in [-0.05, 0) is 24.3 Å². The number of nitrogens with zero attached hydrogens (tertiary/aromatic N) is 2. The molecule has 0 aliphatic heterocycles. The molecule has 0 saturated heterocycles. The number of amides is 1. The number of anilines is 1. The van der Waals surface area contributed by atoms with Gasteiger partial charge < -0.3 is 4.90 Å². The number of halogens is 1. The molecule has 0 fully saturated rings. The molecule has 0 unspecified atom stereocenters. The van der Waals surface area contributed by atoms with E-state index < -0.39 is 0 Å². The maximum Gasteiger partial charge on any atom is 0.239 e. The van der Waals surface area contributed by atoms with Crippen LogP contribution in [0.4, 0.5) is 5.13 Å². The molecule has 27 heavy (non-hydrogen) atoms. The van der Waals surface area contributed by atoms with Crippen LogP contribution in [0.5, 0.6) is 0 Å². The fourth-order valence-corrected chi connectivity index (χ4v) is 4.78. The number of hydrogen-bond donors (Lipinski definition) is 1. The zero-order chi connectivity index (χ0) is 19.2. The molecule has 1 amide bonds. The summed E-state index contributed by atoms with van der Waals surface area (Å²) in [4.78, 5) is 21.9. The van der Waals surface area contributed by atoms with E-state index in [-0.39, 0.29) is 5.91 Å². The van der Waals surface area contributed by atoms with Crippen molar-refractivity contribution in [2.75, 3.05) is 37.8 Å². The van der Waals surface area contributed by atoms with Crippen molar-refractivity contribution in [3.63, 3.8) is 0 Å². The molecular weight excluding hydrogens is 398 g/mol. The summed E-state index contributed by atoms with van der Waals surface area (Å²) in [6.45, 7) is 1.66. The minimum Gasteiger partial charge on any atom is -0.340 e. The second kappa shape index (κ2) is 9.55. The van der Waals surface area contributed by atoms with Crippen LogP contribution >= 0.6 is 34.7 Å². The van der Waals surface area contributed by atoms with Crippen molar-refractivity contribution in [3.8, 4) is 0 Å². The first-order chi connectivity index (χ1) is 13.0. The van der Waals surface area contributed by atoms with Crippen molar-refractivity contribution in [2.45, 2.75) is 11.3 Å². The number of carbonyl (C=O) groups excluding carboxylic acids is 1. The molecule has 4 nitrogen and oxygen atoms in total. The lowest BCUT2D eigenvalue weighted by Gasteiger charge is -2.20. The van der Waals surface area contributed by atoms with Gasteiger partial charge in [0.2, 0.25) is 5.91 Å². The van der Waals surface area contributed by atoms with Crippen molar-refractivity contribution in [1.82, 2.24) is 4.98 Å². The standard InChI is InChI=1S/C20H22ClN3OS2/c1-23(2)12-7-13-24(18(25)14-26-15-8-4-3-5-9-15)20-22-19-16(21)10-6-11-17(19)27-20/h3-6,8-11H,7,12-14H2,1-2H3/p+1. The third-order valence-electron chi connectivity index (χ3n) is 4.05. The Balaban J connectivity index is 1.78. The molecule has 0 aliphatic rings. The predicted molar refractivity (Wildman–Crippen MR) is 116 cm³/mol. The Morgan fingerprint density at radius 1 is 1.19 bits per heavy atom. The number of quaternary nitrogens is 1. The molecule has 3 aromatic rings. The summed E-state index contributed by atoms with van der Waals surface area (Å²) in [7, 11) is 4.24. The molecule has 142 valence electrons. The van der Waals surface area contributed by atoms with Gasteiger partial charge in [-0.15, -0.1) is 11.8 Å². The van der Waals surface area contributed by atoms with Gasteiger partial charge in [-0.2, -0.15) is 0 Å². The van der Waals surface area contributed by atoms with Gasteiger partial charge in [0.1, 0.15) is 5.52 Å². The number of thioether (sulfide) groups is 1. The van der Waals surface area contributed by atoms with E-state index >= 15 is 0 Å². The van der Waals surface area contributed by atoms with Crippen LogP contribution in [0.25, 0.3) is 10.2 Å². The van der Waals surface area contributed by atoms with Crippen LogP contribution in [0.3, 0.4) is 0 Å². The Morgan fingerprint density at radius 2 is 1.96 bits per heavy atom. The molecule has 1 heterocycles. The van der Waals surface area contributed by atoms with Crippen molar-refractivity contribution in [2.24, 2.45) is 0 Å². The predicted octanol–water partition coefficient (Wildman–Crippen LogP) is 3.61.